The summed E-state index contributed by atoms with van der Waals surface area (Å²) in [6, 6.07) is 8.44. The molecule has 3 rings (SSSR count). The van der Waals surface area contributed by atoms with Crippen LogP contribution in [0.5, 0.6) is 0 Å². The van der Waals surface area contributed by atoms with Gasteiger partial charge < -0.3 is 10.6 Å². The van der Waals surface area contributed by atoms with E-state index >= 15 is 0 Å². The molecule has 0 unspecified atom stereocenters. The topological polar surface area (TPSA) is 70.8 Å². The molecule has 0 atom stereocenters. The summed E-state index contributed by atoms with van der Waals surface area (Å²) in [6.45, 7) is 1.74. The highest BCUT2D eigenvalue weighted by atomic mass is 15.4. The maximum atomic E-state index is 5.71. The van der Waals surface area contributed by atoms with Crippen LogP contribution >= 0.6 is 0 Å². The molecule has 1 aromatic heterocycles. The second kappa shape index (κ2) is 3.52. The normalized spacial score (nSPS) is 14.1. The first-order valence-electron chi connectivity index (χ1n) is 5.32. The number of fused-ring (bicyclic) bond motifs is 1. The minimum Gasteiger partial charge on any atom is -0.381 e. The highest BCUT2D eigenvalue weighted by Crippen LogP contribution is 2.28. The van der Waals surface area contributed by atoms with Crippen LogP contribution in [0.1, 0.15) is 11.3 Å². The van der Waals surface area contributed by atoms with Crippen LogP contribution in [0.15, 0.2) is 24.3 Å². The van der Waals surface area contributed by atoms with Crippen LogP contribution in [0.2, 0.25) is 0 Å². The van der Waals surface area contributed by atoms with E-state index in [2.05, 4.69) is 44.6 Å². The molecule has 0 radical (unpaired) electrons. The second-order valence-corrected chi connectivity index (χ2v) is 3.96. The maximum Gasteiger partial charge on any atom is 0.170 e. The Morgan fingerprint density at radius 3 is 3.00 bits per heavy atom. The Balaban J connectivity index is 1.86. The van der Waals surface area contributed by atoms with Gasteiger partial charge in [-0.15, -0.1) is 5.10 Å². The van der Waals surface area contributed by atoms with Crippen molar-refractivity contribution in [2.45, 2.75) is 13.0 Å². The van der Waals surface area contributed by atoms with Gasteiger partial charge in [0.15, 0.2) is 5.82 Å². The van der Waals surface area contributed by atoms with Crippen molar-refractivity contribution in [1.82, 2.24) is 15.4 Å². The maximum absolute atomic E-state index is 5.71. The Hall–Kier alpha value is -2.04. The molecule has 0 saturated heterocycles. The van der Waals surface area contributed by atoms with Crippen molar-refractivity contribution in [3.05, 3.63) is 35.5 Å². The number of nitrogens with two attached hydrogens (primary N) is 1. The number of anilines is 2. The quantitative estimate of drug-likeness (QED) is 0.782. The first-order chi connectivity index (χ1) is 7.84. The van der Waals surface area contributed by atoms with E-state index in [1.165, 1.54) is 11.3 Å². The second-order valence-electron chi connectivity index (χ2n) is 3.96. The number of aromatic nitrogens is 3. The van der Waals surface area contributed by atoms with E-state index in [0.29, 0.717) is 5.82 Å². The number of aromatic amines is 1. The molecule has 2 aromatic rings. The highest BCUT2D eigenvalue weighted by molar-refractivity contribution is 5.58. The predicted molar refractivity (Wildman–Crippen MR) is 62.0 cm³/mol. The van der Waals surface area contributed by atoms with E-state index in [-0.39, 0.29) is 0 Å². The molecule has 0 amide bonds. The average Bonchev–Trinajstić information content (AvgIpc) is 2.88. The summed E-state index contributed by atoms with van der Waals surface area (Å²) in [7, 11) is 0. The van der Waals surface area contributed by atoms with Crippen molar-refractivity contribution in [3.8, 4) is 0 Å². The molecule has 0 bridgehead atoms. The number of benzene rings is 1. The third kappa shape index (κ3) is 1.41. The van der Waals surface area contributed by atoms with Gasteiger partial charge in [-0.1, -0.05) is 18.2 Å². The first-order valence-corrected chi connectivity index (χ1v) is 5.32. The van der Waals surface area contributed by atoms with Crippen molar-refractivity contribution in [1.29, 1.82) is 0 Å². The molecule has 3 N–H and O–H groups in total. The van der Waals surface area contributed by atoms with Gasteiger partial charge in [0.05, 0.1) is 6.54 Å². The Morgan fingerprint density at radius 2 is 2.19 bits per heavy atom. The average molecular weight is 215 g/mol. The zero-order valence-electron chi connectivity index (χ0n) is 8.85. The fourth-order valence-corrected chi connectivity index (χ4v) is 2.13. The number of hydrogen-bond acceptors (Lipinski definition) is 4. The van der Waals surface area contributed by atoms with E-state index in [1.807, 2.05) is 0 Å². The molecule has 1 aliphatic rings. The van der Waals surface area contributed by atoms with Gasteiger partial charge in [0.25, 0.3) is 0 Å². The van der Waals surface area contributed by atoms with Crippen molar-refractivity contribution in [2.24, 2.45) is 0 Å². The van der Waals surface area contributed by atoms with Gasteiger partial charge in [0.2, 0.25) is 0 Å². The zero-order chi connectivity index (χ0) is 11.0. The van der Waals surface area contributed by atoms with Crippen LogP contribution in [0.4, 0.5) is 11.5 Å². The monoisotopic (exact) mass is 215 g/mol. The van der Waals surface area contributed by atoms with E-state index in [0.717, 1.165) is 25.2 Å². The van der Waals surface area contributed by atoms with Crippen LogP contribution in [-0.2, 0) is 13.0 Å². The summed E-state index contributed by atoms with van der Waals surface area (Å²) in [5.41, 5.74) is 9.20. The molecule has 1 aromatic carbocycles. The summed E-state index contributed by atoms with van der Waals surface area (Å²) in [6.07, 6.45) is 1.09. The molecule has 5 heteroatoms. The summed E-state index contributed by atoms with van der Waals surface area (Å²) in [5.74, 6) is 0.490. The molecule has 16 heavy (non-hydrogen) atoms. The third-order valence-electron chi connectivity index (χ3n) is 2.98. The largest absolute Gasteiger partial charge is 0.381 e. The number of rotatable bonds is 2. The molecule has 2 heterocycles. The Bertz CT molecular complexity index is 505. The molecule has 0 saturated carbocycles. The Kier molecular flexibility index (Phi) is 2.02. The molecule has 1 aliphatic heterocycles. The smallest absolute Gasteiger partial charge is 0.170 e. The summed E-state index contributed by atoms with van der Waals surface area (Å²) < 4.78 is 0. The predicted octanol–water partition coefficient (Wildman–Crippen LogP) is 0.950. The SMILES string of the molecule is Nc1n[nH]nc1CN1CCc2ccccc21. The number of hydrogen-bond donors (Lipinski definition) is 2. The molecule has 82 valence electrons. The van der Waals surface area contributed by atoms with E-state index in [1.54, 1.807) is 0 Å². The van der Waals surface area contributed by atoms with Gasteiger partial charge >= 0.3 is 0 Å². The third-order valence-corrected chi connectivity index (χ3v) is 2.98. The number of nitrogens with zero attached hydrogens (tertiary/aromatic N) is 3. The first kappa shape index (κ1) is 9.21. The van der Waals surface area contributed by atoms with Gasteiger partial charge in [-0.3, -0.25) is 0 Å². The van der Waals surface area contributed by atoms with Crippen molar-refractivity contribution < 1.29 is 0 Å². The van der Waals surface area contributed by atoms with Crippen molar-refractivity contribution in [3.63, 3.8) is 0 Å². The molecule has 0 spiro atoms. The van der Waals surface area contributed by atoms with Gasteiger partial charge in [0, 0.05) is 12.2 Å². The molecule has 0 fully saturated rings. The Morgan fingerprint density at radius 1 is 1.31 bits per heavy atom. The van der Waals surface area contributed by atoms with Crippen molar-refractivity contribution in [2.75, 3.05) is 17.2 Å². The van der Waals surface area contributed by atoms with Gasteiger partial charge in [-0.05, 0) is 18.1 Å². The van der Waals surface area contributed by atoms with Crippen LogP contribution in [0.25, 0.3) is 0 Å². The lowest BCUT2D eigenvalue weighted by molar-refractivity contribution is 0.804. The zero-order valence-corrected chi connectivity index (χ0v) is 8.85. The van der Waals surface area contributed by atoms with Gasteiger partial charge in [-0.2, -0.15) is 10.3 Å². The van der Waals surface area contributed by atoms with Crippen LogP contribution < -0.4 is 10.6 Å². The lowest BCUT2D eigenvalue weighted by Crippen LogP contribution is -2.20. The summed E-state index contributed by atoms with van der Waals surface area (Å²) in [5, 5.41) is 10.4. The summed E-state index contributed by atoms with van der Waals surface area (Å²) >= 11 is 0. The van der Waals surface area contributed by atoms with E-state index in [9.17, 15) is 0 Å². The lowest BCUT2D eigenvalue weighted by atomic mass is 10.2. The molecule has 5 nitrogen and oxygen atoms in total. The lowest BCUT2D eigenvalue weighted by Gasteiger charge is -2.17. The van der Waals surface area contributed by atoms with Gasteiger partial charge in [-0.25, -0.2) is 0 Å². The standard InChI is InChI=1S/C11H13N5/c12-11-9(13-15-14-11)7-16-6-5-8-3-1-2-4-10(8)16/h1-4H,5-7H2,(H3,12,13,14,15). The Labute approximate surface area is 93.3 Å². The van der Waals surface area contributed by atoms with Crippen LogP contribution in [0.3, 0.4) is 0 Å². The number of H-pyrrole nitrogens is 1. The molecule has 0 aliphatic carbocycles. The summed E-state index contributed by atoms with van der Waals surface area (Å²) in [4.78, 5) is 2.28. The fraction of sp³-hybridized carbons (Fsp3) is 0.273. The fourth-order valence-electron chi connectivity index (χ4n) is 2.13. The number of nitrogens with one attached hydrogen (secondary N) is 1. The van der Waals surface area contributed by atoms with Gasteiger partial charge in [0.1, 0.15) is 5.69 Å². The minimum atomic E-state index is 0.490. The van der Waals surface area contributed by atoms with Crippen molar-refractivity contribution >= 4 is 11.5 Å². The number of nitrogen functional groups attached to an aromatic ring is 1. The highest BCUT2D eigenvalue weighted by Gasteiger charge is 2.20. The number of para-hydroxylation sites is 1. The van der Waals surface area contributed by atoms with E-state index in [4.69, 9.17) is 5.73 Å². The molecular weight excluding hydrogens is 202 g/mol. The van der Waals surface area contributed by atoms with Crippen LogP contribution in [-0.4, -0.2) is 22.0 Å². The van der Waals surface area contributed by atoms with E-state index < -0.39 is 0 Å². The van der Waals surface area contributed by atoms with Crippen LogP contribution in [0, 0.1) is 0 Å². The molecular formula is C11H13N5. The minimum absolute atomic E-state index is 0.490.